The van der Waals surface area contributed by atoms with Crippen molar-refractivity contribution < 1.29 is 31.8 Å². The molecule has 5 nitrogen and oxygen atoms in total. The van der Waals surface area contributed by atoms with Gasteiger partial charge in [0.1, 0.15) is 12.3 Å². The molecule has 1 N–H and O–H groups in total. The molecule has 1 aliphatic rings. The molecule has 1 aliphatic heterocycles. The molecule has 0 amide bonds. The molecule has 20 heavy (non-hydrogen) atoms. The zero-order chi connectivity index (χ0) is 15.2. The van der Waals surface area contributed by atoms with Crippen molar-refractivity contribution in [1.29, 1.82) is 0 Å². The van der Waals surface area contributed by atoms with E-state index in [0.29, 0.717) is 6.92 Å². The molecule has 2 unspecified atom stereocenters. The SMILES string of the molecule is CC(O)(c1cn(CC2CC(F)(F)CO2)nn1)C(F)(F)F. The van der Waals surface area contributed by atoms with Gasteiger partial charge < -0.3 is 9.84 Å². The number of nitrogens with zero attached hydrogens (tertiary/aromatic N) is 3. The quantitative estimate of drug-likeness (QED) is 0.859. The molecule has 2 heterocycles. The van der Waals surface area contributed by atoms with Crippen molar-refractivity contribution in [2.24, 2.45) is 0 Å². The minimum atomic E-state index is -4.91. The lowest BCUT2D eigenvalue weighted by Crippen LogP contribution is -2.39. The molecule has 10 heteroatoms. The lowest BCUT2D eigenvalue weighted by molar-refractivity contribution is -0.260. The molecule has 2 rings (SSSR count). The van der Waals surface area contributed by atoms with Crippen LogP contribution >= 0.6 is 0 Å². The van der Waals surface area contributed by atoms with Gasteiger partial charge in [-0.2, -0.15) is 13.2 Å². The highest BCUT2D eigenvalue weighted by Gasteiger charge is 2.53. The van der Waals surface area contributed by atoms with Crippen LogP contribution in [0, 0.1) is 0 Å². The van der Waals surface area contributed by atoms with E-state index >= 15 is 0 Å². The van der Waals surface area contributed by atoms with Crippen molar-refractivity contribution in [3.63, 3.8) is 0 Å². The van der Waals surface area contributed by atoms with Gasteiger partial charge in [0.05, 0.1) is 18.8 Å². The summed E-state index contributed by atoms with van der Waals surface area (Å²) in [6.07, 6.45) is -5.42. The summed E-state index contributed by atoms with van der Waals surface area (Å²) < 4.78 is 69.3. The third kappa shape index (κ3) is 2.90. The van der Waals surface area contributed by atoms with Crippen LogP contribution in [-0.2, 0) is 16.9 Å². The van der Waals surface area contributed by atoms with Crippen LogP contribution < -0.4 is 0 Å². The first-order valence-corrected chi connectivity index (χ1v) is 5.70. The van der Waals surface area contributed by atoms with Crippen LogP contribution in [0.3, 0.4) is 0 Å². The first-order valence-electron chi connectivity index (χ1n) is 5.70. The van der Waals surface area contributed by atoms with Crippen molar-refractivity contribution >= 4 is 0 Å². The van der Waals surface area contributed by atoms with Crippen LogP contribution in [-0.4, -0.2) is 44.9 Å². The molecule has 1 aromatic rings. The van der Waals surface area contributed by atoms with E-state index in [9.17, 15) is 27.1 Å². The summed E-state index contributed by atoms with van der Waals surface area (Å²) in [5.41, 5.74) is -3.85. The molecule has 0 bridgehead atoms. The van der Waals surface area contributed by atoms with Crippen molar-refractivity contribution in [3.05, 3.63) is 11.9 Å². The molecule has 1 fully saturated rings. The van der Waals surface area contributed by atoms with Crippen LogP contribution in [0.15, 0.2) is 6.20 Å². The summed E-state index contributed by atoms with van der Waals surface area (Å²) >= 11 is 0. The van der Waals surface area contributed by atoms with Gasteiger partial charge in [0.2, 0.25) is 5.60 Å². The fraction of sp³-hybridized carbons (Fsp3) is 0.800. The summed E-state index contributed by atoms with van der Waals surface area (Å²) in [6.45, 7) is -0.336. The van der Waals surface area contributed by atoms with Crippen LogP contribution in [0.25, 0.3) is 0 Å². The van der Waals surface area contributed by atoms with E-state index in [4.69, 9.17) is 4.74 Å². The number of hydrogen-bond donors (Lipinski definition) is 1. The zero-order valence-corrected chi connectivity index (χ0v) is 10.4. The van der Waals surface area contributed by atoms with Gasteiger partial charge in [-0.25, -0.2) is 13.5 Å². The van der Waals surface area contributed by atoms with Gasteiger partial charge in [-0.15, -0.1) is 5.10 Å². The van der Waals surface area contributed by atoms with E-state index in [-0.39, 0.29) is 6.54 Å². The first kappa shape index (κ1) is 15.1. The maximum absolute atomic E-state index is 12.9. The summed E-state index contributed by atoms with van der Waals surface area (Å²) in [5.74, 6) is -2.94. The fourth-order valence-electron chi connectivity index (χ4n) is 1.77. The third-order valence-electron chi connectivity index (χ3n) is 3.04. The zero-order valence-electron chi connectivity index (χ0n) is 10.4. The summed E-state index contributed by atoms with van der Waals surface area (Å²) in [7, 11) is 0. The van der Waals surface area contributed by atoms with Gasteiger partial charge in [-0.3, -0.25) is 0 Å². The molecule has 114 valence electrons. The number of alkyl halides is 5. The van der Waals surface area contributed by atoms with Crippen molar-refractivity contribution in [3.8, 4) is 0 Å². The predicted molar refractivity (Wildman–Crippen MR) is 55.0 cm³/mol. The van der Waals surface area contributed by atoms with Crippen molar-refractivity contribution in [1.82, 2.24) is 15.0 Å². The van der Waals surface area contributed by atoms with Crippen LogP contribution in [0.2, 0.25) is 0 Å². The Morgan fingerprint density at radius 2 is 2.15 bits per heavy atom. The lowest BCUT2D eigenvalue weighted by atomic mass is 10.0. The number of rotatable bonds is 3. The van der Waals surface area contributed by atoms with Gasteiger partial charge in [0.25, 0.3) is 5.92 Å². The summed E-state index contributed by atoms with van der Waals surface area (Å²) in [5, 5.41) is 16.0. The molecular formula is C10H12F5N3O2. The van der Waals surface area contributed by atoms with E-state index in [1.807, 2.05) is 0 Å². The van der Waals surface area contributed by atoms with Gasteiger partial charge in [-0.05, 0) is 6.92 Å². The molecule has 1 aromatic heterocycles. The van der Waals surface area contributed by atoms with Gasteiger partial charge in [-0.1, -0.05) is 5.21 Å². The number of hydrogen-bond acceptors (Lipinski definition) is 4. The topological polar surface area (TPSA) is 60.2 Å². The molecule has 0 aliphatic carbocycles. The number of aliphatic hydroxyl groups is 1. The van der Waals surface area contributed by atoms with Gasteiger partial charge in [0.15, 0.2) is 0 Å². The van der Waals surface area contributed by atoms with E-state index in [1.54, 1.807) is 0 Å². The first-order chi connectivity index (χ1) is 9.01. The largest absolute Gasteiger partial charge is 0.422 e. The maximum Gasteiger partial charge on any atom is 0.422 e. The number of aromatic nitrogens is 3. The minimum absolute atomic E-state index is 0.156. The van der Waals surface area contributed by atoms with Crippen LogP contribution in [0.4, 0.5) is 22.0 Å². The fourth-order valence-corrected chi connectivity index (χ4v) is 1.77. The summed E-state index contributed by atoms with van der Waals surface area (Å²) in [4.78, 5) is 0. The van der Waals surface area contributed by atoms with E-state index in [0.717, 1.165) is 10.9 Å². The number of halogens is 5. The molecule has 2 atom stereocenters. The highest BCUT2D eigenvalue weighted by atomic mass is 19.4. The smallest absolute Gasteiger partial charge is 0.375 e. The highest BCUT2D eigenvalue weighted by Crippen LogP contribution is 2.37. The van der Waals surface area contributed by atoms with Gasteiger partial charge in [0, 0.05) is 6.42 Å². The lowest BCUT2D eigenvalue weighted by Gasteiger charge is -2.23. The third-order valence-corrected chi connectivity index (χ3v) is 3.04. The van der Waals surface area contributed by atoms with E-state index in [1.165, 1.54) is 0 Å². The minimum Gasteiger partial charge on any atom is -0.375 e. The molecule has 0 aromatic carbocycles. The van der Waals surface area contributed by atoms with Gasteiger partial charge >= 0.3 is 6.18 Å². The van der Waals surface area contributed by atoms with E-state index < -0.39 is 42.5 Å². The maximum atomic E-state index is 12.9. The molecule has 1 saturated heterocycles. The second kappa shape index (κ2) is 4.62. The Balaban J connectivity index is 2.07. The molecular weight excluding hydrogens is 289 g/mol. The van der Waals surface area contributed by atoms with Crippen LogP contribution in [0.5, 0.6) is 0 Å². The average Bonchev–Trinajstić information content (AvgIpc) is 2.84. The van der Waals surface area contributed by atoms with Crippen molar-refractivity contribution in [2.75, 3.05) is 6.61 Å². The highest BCUT2D eigenvalue weighted by molar-refractivity contribution is 5.08. The molecule has 0 spiro atoms. The summed E-state index contributed by atoms with van der Waals surface area (Å²) in [6, 6.07) is 0. The average molecular weight is 301 g/mol. The molecule has 0 radical (unpaired) electrons. The predicted octanol–water partition coefficient (Wildman–Crippen LogP) is 1.47. The van der Waals surface area contributed by atoms with Crippen LogP contribution in [0.1, 0.15) is 19.0 Å². The Labute approximate surface area is 110 Å². The number of ether oxygens (including phenoxy) is 1. The second-order valence-corrected chi connectivity index (χ2v) is 4.89. The molecule has 0 saturated carbocycles. The Bertz CT molecular complexity index is 485. The Kier molecular flexibility index (Phi) is 3.49. The Hall–Kier alpha value is -1.29. The van der Waals surface area contributed by atoms with Crippen molar-refractivity contribution in [2.45, 2.75) is 43.7 Å². The Morgan fingerprint density at radius 3 is 2.65 bits per heavy atom. The standard InChI is InChI=1S/C10H12F5N3O2/c1-8(19,10(13,14)15)7-4-18(17-16-7)3-6-2-9(11,12)5-20-6/h4,6,19H,2-3,5H2,1H3. The van der Waals surface area contributed by atoms with E-state index in [2.05, 4.69) is 10.3 Å². The Morgan fingerprint density at radius 1 is 1.50 bits per heavy atom. The second-order valence-electron chi connectivity index (χ2n) is 4.89. The monoisotopic (exact) mass is 301 g/mol. The normalized spacial score (nSPS) is 25.6.